The van der Waals surface area contributed by atoms with Crippen LogP contribution >= 0.6 is 15.9 Å². The first-order valence-corrected chi connectivity index (χ1v) is 7.83. The molecule has 3 rings (SSSR count). The van der Waals surface area contributed by atoms with Crippen molar-refractivity contribution in [2.24, 2.45) is 5.92 Å². The van der Waals surface area contributed by atoms with E-state index in [0.29, 0.717) is 23.4 Å². The zero-order valence-corrected chi connectivity index (χ0v) is 13.5. The van der Waals surface area contributed by atoms with Crippen LogP contribution in [0, 0.1) is 11.7 Å². The molecule has 0 saturated heterocycles. The number of fused-ring (bicyclic) bond motifs is 1. The van der Waals surface area contributed by atoms with Gasteiger partial charge >= 0.3 is 5.69 Å². The van der Waals surface area contributed by atoms with Crippen molar-refractivity contribution in [3.63, 3.8) is 0 Å². The monoisotopic (exact) mass is 354 g/mol. The van der Waals surface area contributed by atoms with Gasteiger partial charge in [-0.1, -0.05) is 0 Å². The smallest absolute Gasteiger partial charge is 0.291 e. The maximum atomic E-state index is 13.8. The van der Waals surface area contributed by atoms with Crippen LogP contribution in [-0.4, -0.2) is 9.13 Å². The van der Waals surface area contributed by atoms with Crippen molar-refractivity contribution in [3.05, 3.63) is 43.3 Å². The van der Waals surface area contributed by atoms with E-state index in [2.05, 4.69) is 15.9 Å². The molecule has 1 aromatic heterocycles. The molecule has 1 aliphatic rings. The largest absolute Gasteiger partial charge is 0.331 e. The summed E-state index contributed by atoms with van der Waals surface area (Å²) in [6.07, 6.45) is 2.11. The van der Waals surface area contributed by atoms with Crippen LogP contribution < -0.4 is 11.2 Å². The normalized spacial score (nSPS) is 15.1. The van der Waals surface area contributed by atoms with Crippen molar-refractivity contribution >= 4 is 26.8 Å². The Morgan fingerprint density at radius 3 is 2.57 bits per heavy atom. The highest BCUT2D eigenvalue weighted by Crippen LogP contribution is 2.30. The zero-order chi connectivity index (χ0) is 15.3. The van der Waals surface area contributed by atoms with Crippen LogP contribution in [0.15, 0.2) is 26.2 Å². The lowest BCUT2D eigenvalue weighted by molar-refractivity contribution is 0.506. The number of rotatable bonds is 3. The van der Waals surface area contributed by atoms with Gasteiger partial charge in [-0.25, -0.2) is 9.18 Å². The molecule has 0 radical (unpaired) electrons. The molecule has 2 aromatic rings. The van der Waals surface area contributed by atoms with Crippen LogP contribution in [0.4, 0.5) is 4.39 Å². The third kappa shape index (κ3) is 2.46. The molecular formula is C15H16BrFN2O2. The molecule has 0 bridgehead atoms. The molecule has 6 heteroatoms. The van der Waals surface area contributed by atoms with E-state index in [-0.39, 0.29) is 21.8 Å². The van der Waals surface area contributed by atoms with Crippen LogP contribution in [0.2, 0.25) is 0 Å². The van der Waals surface area contributed by atoms with E-state index in [0.717, 1.165) is 12.8 Å². The third-order valence-electron chi connectivity index (χ3n) is 3.86. The number of halogens is 2. The Hall–Kier alpha value is -1.43. The first-order valence-electron chi connectivity index (χ1n) is 7.04. The van der Waals surface area contributed by atoms with Gasteiger partial charge in [0.1, 0.15) is 5.82 Å². The molecule has 21 heavy (non-hydrogen) atoms. The van der Waals surface area contributed by atoms with Crippen molar-refractivity contribution < 1.29 is 4.39 Å². The summed E-state index contributed by atoms with van der Waals surface area (Å²) in [6.45, 7) is 4.16. The van der Waals surface area contributed by atoms with Gasteiger partial charge in [0, 0.05) is 12.6 Å². The fraction of sp³-hybridized carbons (Fsp3) is 0.467. The topological polar surface area (TPSA) is 44.0 Å². The second kappa shape index (κ2) is 5.09. The van der Waals surface area contributed by atoms with Gasteiger partial charge in [-0.3, -0.25) is 13.9 Å². The van der Waals surface area contributed by atoms with E-state index in [1.807, 2.05) is 13.8 Å². The summed E-state index contributed by atoms with van der Waals surface area (Å²) in [5.41, 5.74) is -0.330. The van der Waals surface area contributed by atoms with Crippen LogP contribution in [-0.2, 0) is 6.54 Å². The maximum absolute atomic E-state index is 13.8. The van der Waals surface area contributed by atoms with Crippen molar-refractivity contribution in [2.45, 2.75) is 39.3 Å². The molecule has 112 valence electrons. The number of nitrogens with zero attached hydrogens (tertiary/aromatic N) is 2. The number of hydrogen-bond donors (Lipinski definition) is 0. The van der Waals surface area contributed by atoms with Crippen molar-refractivity contribution in [1.82, 2.24) is 9.13 Å². The van der Waals surface area contributed by atoms with Crippen molar-refractivity contribution in [2.75, 3.05) is 0 Å². The lowest BCUT2D eigenvalue weighted by atomic mass is 10.2. The average molecular weight is 355 g/mol. The molecular weight excluding hydrogens is 339 g/mol. The zero-order valence-electron chi connectivity index (χ0n) is 11.9. The summed E-state index contributed by atoms with van der Waals surface area (Å²) in [7, 11) is 0. The number of benzene rings is 1. The van der Waals surface area contributed by atoms with Crippen molar-refractivity contribution in [3.8, 4) is 0 Å². The molecule has 0 unspecified atom stereocenters. The second-order valence-electron chi connectivity index (χ2n) is 5.89. The van der Waals surface area contributed by atoms with Gasteiger partial charge in [-0.05, 0) is 60.7 Å². The first kappa shape index (κ1) is 14.5. The molecule has 0 atom stereocenters. The van der Waals surface area contributed by atoms with Crippen LogP contribution in [0.5, 0.6) is 0 Å². The number of hydrogen-bond acceptors (Lipinski definition) is 2. The predicted octanol–water partition coefficient (Wildman–Crippen LogP) is 3.06. The Morgan fingerprint density at radius 1 is 1.33 bits per heavy atom. The van der Waals surface area contributed by atoms with Crippen LogP contribution in [0.3, 0.4) is 0 Å². The molecule has 1 heterocycles. The van der Waals surface area contributed by atoms with Crippen molar-refractivity contribution in [1.29, 1.82) is 0 Å². The van der Waals surface area contributed by atoms with Gasteiger partial charge < -0.3 is 0 Å². The summed E-state index contributed by atoms with van der Waals surface area (Å²) in [5.74, 6) is -0.0620. The molecule has 0 spiro atoms. The highest BCUT2D eigenvalue weighted by atomic mass is 79.9. The molecule has 1 saturated carbocycles. The Bertz CT molecular complexity index is 834. The lowest BCUT2D eigenvalue weighted by Gasteiger charge is -2.17. The highest BCUT2D eigenvalue weighted by molar-refractivity contribution is 9.10. The molecule has 1 fully saturated rings. The summed E-state index contributed by atoms with van der Waals surface area (Å²) in [5, 5.41) is 0.372. The molecule has 4 nitrogen and oxygen atoms in total. The third-order valence-corrected chi connectivity index (χ3v) is 4.47. The lowest BCUT2D eigenvalue weighted by Crippen LogP contribution is -2.41. The van der Waals surface area contributed by atoms with Gasteiger partial charge in [0.15, 0.2) is 0 Å². The molecule has 0 aliphatic heterocycles. The fourth-order valence-corrected chi connectivity index (χ4v) is 2.93. The molecule has 0 amide bonds. The summed E-state index contributed by atoms with van der Waals surface area (Å²) in [6, 6.07) is 2.57. The average Bonchev–Trinajstić information content (AvgIpc) is 3.21. The van der Waals surface area contributed by atoms with E-state index in [1.165, 1.54) is 21.3 Å². The van der Waals surface area contributed by atoms with E-state index < -0.39 is 5.82 Å². The van der Waals surface area contributed by atoms with Gasteiger partial charge in [0.05, 0.1) is 15.4 Å². The minimum absolute atomic E-state index is 0.147. The Balaban J connectivity index is 2.41. The van der Waals surface area contributed by atoms with Crippen LogP contribution in [0.1, 0.15) is 32.7 Å². The fourth-order valence-electron chi connectivity index (χ4n) is 2.59. The van der Waals surface area contributed by atoms with Crippen LogP contribution in [0.25, 0.3) is 10.9 Å². The standard InChI is InChI=1S/C15H16BrFN2O2/c1-8(2)19-13-6-12(17)11(16)5-10(13)14(20)18(15(19)21)7-9-3-4-9/h5-6,8-9H,3-4,7H2,1-2H3. The predicted molar refractivity (Wildman–Crippen MR) is 83.2 cm³/mol. The Morgan fingerprint density at radius 2 is 2.00 bits per heavy atom. The highest BCUT2D eigenvalue weighted by Gasteiger charge is 2.25. The Labute approximate surface area is 129 Å². The summed E-state index contributed by atoms with van der Waals surface area (Å²) < 4.78 is 16.8. The molecule has 0 N–H and O–H groups in total. The molecule has 1 aromatic carbocycles. The minimum Gasteiger partial charge on any atom is -0.291 e. The van der Waals surface area contributed by atoms with Gasteiger partial charge in [-0.15, -0.1) is 0 Å². The van der Waals surface area contributed by atoms with Gasteiger partial charge in [-0.2, -0.15) is 0 Å². The summed E-state index contributed by atoms with van der Waals surface area (Å²) in [4.78, 5) is 25.2. The summed E-state index contributed by atoms with van der Waals surface area (Å²) >= 11 is 3.11. The SMILES string of the molecule is CC(C)n1c(=O)n(CC2CC2)c(=O)c2cc(Br)c(F)cc21. The van der Waals surface area contributed by atoms with E-state index >= 15 is 0 Å². The van der Waals surface area contributed by atoms with E-state index in [4.69, 9.17) is 0 Å². The molecule has 1 aliphatic carbocycles. The van der Waals surface area contributed by atoms with E-state index in [9.17, 15) is 14.0 Å². The second-order valence-corrected chi connectivity index (χ2v) is 6.74. The Kier molecular flexibility index (Phi) is 3.51. The van der Waals surface area contributed by atoms with Gasteiger partial charge in [0.2, 0.25) is 0 Å². The van der Waals surface area contributed by atoms with E-state index in [1.54, 1.807) is 0 Å². The first-order chi connectivity index (χ1) is 9.90. The number of aromatic nitrogens is 2. The minimum atomic E-state index is -0.476. The maximum Gasteiger partial charge on any atom is 0.331 e. The quantitative estimate of drug-likeness (QED) is 0.850. The van der Waals surface area contributed by atoms with Gasteiger partial charge in [0.25, 0.3) is 5.56 Å².